The number of nitrogens with zero attached hydrogens (tertiary/aromatic N) is 2. The molecule has 2 amide bonds. The van der Waals surface area contributed by atoms with E-state index < -0.39 is 5.54 Å². The molecule has 2 saturated heterocycles. The van der Waals surface area contributed by atoms with Crippen LogP contribution < -0.4 is 15.0 Å². The van der Waals surface area contributed by atoms with Crippen LogP contribution in [-0.2, 0) is 16.0 Å². The number of amides is 2. The molecule has 0 spiro atoms. The van der Waals surface area contributed by atoms with Crippen molar-refractivity contribution < 1.29 is 18.7 Å². The van der Waals surface area contributed by atoms with Crippen LogP contribution in [0.4, 0.5) is 10.1 Å². The number of rotatable bonds is 7. The number of benzene rings is 2. The monoisotopic (exact) mass is 467 g/mol. The lowest BCUT2D eigenvalue weighted by Crippen LogP contribution is -2.50. The molecule has 7 heteroatoms. The number of halogens is 1. The first-order valence-electron chi connectivity index (χ1n) is 12.0. The number of ether oxygens (including phenoxy) is 1. The van der Waals surface area contributed by atoms with Gasteiger partial charge in [0.25, 0.3) is 0 Å². The summed E-state index contributed by atoms with van der Waals surface area (Å²) >= 11 is 0. The van der Waals surface area contributed by atoms with E-state index in [1.54, 1.807) is 12.1 Å². The Morgan fingerprint density at radius 2 is 1.91 bits per heavy atom. The van der Waals surface area contributed by atoms with Gasteiger partial charge < -0.3 is 19.9 Å². The molecule has 0 saturated carbocycles. The summed E-state index contributed by atoms with van der Waals surface area (Å²) in [4.78, 5) is 29.4. The molecule has 4 rings (SSSR count). The number of carbonyl (C=O) groups is 2. The molecule has 2 fully saturated rings. The zero-order chi connectivity index (χ0) is 24.3. The van der Waals surface area contributed by atoms with Crippen LogP contribution >= 0.6 is 0 Å². The first-order valence-corrected chi connectivity index (χ1v) is 12.0. The van der Waals surface area contributed by atoms with E-state index in [1.807, 2.05) is 4.90 Å². The van der Waals surface area contributed by atoms with Gasteiger partial charge in [-0.25, -0.2) is 4.39 Å². The van der Waals surface area contributed by atoms with Crippen molar-refractivity contribution in [3.05, 3.63) is 58.9 Å². The summed E-state index contributed by atoms with van der Waals surface area (Å²) in [5.41, 5.74) is 3.72. The quantitative estimate of drug-likeness (QED) is 0.674. The Hall–Kier alpha value is -3.09. The summed E-state index contributed by atoms with van der Waals surface area (Å²) in [5, 5.41) is 3.05. The van der Waals surface area contributed by atoms with Crippen molar-refractivity contribution >= 4 is 17.5 Å². The topological polar surface area (TPSA) is 61.9 Å². The SMILES string of the molecule is COc1ccc(CC2(CCC(=O)N3CCN(c4cccc(C)c4C)CC3)CCC(=O)N2)c(F)c1. The van der Waals surface area contributed by atoms with E-state index in [2.05, 4.69) is 42.3 Å². The molecule has 0 bridgehead atoms. The predicted molar refractivity (Wildman–Crippen MR) is 131 cm³/mol. The Morgan fingerprint density at radius 1 is 1.15 bits per heavy atom. The number of nitrogens with one attached hydrogen (secondary N) is 1. The fraction of sp³-hybridized carbons (Fsp3) is 0.481. The fourth-order valence-electron chi connectivity index (χ4n) is 5.12. The maximum Gasteiger partial charge on any atom is 0.222 e. The molecule has 1 N–H and O–H groups in total. The van der Waals surface area contributed by atoms with Crippen molar-refractivity contribution in [3.8, 4) is 5.75 Å². The molecule has 1 unspecified atom stereocenters. The maximum atomic E-state index is 14.6. The molecular weight excluding hydrogens is 433 g/mol. The second kappa shape index (κ2) is 10.0. The lowest BCUT2D eigenvalue weighted by atomic mass is 9.84. The number of hydrogen-bond acceptors (Lipinski definition) is 4. The van der Waals surface area contributed by atoms with Gasteiger partial charge in [-0.2, -0.15) is 0 Å². The Balaban J connectivity index is 1.36. The zero-order valence-corrected chi connectivity index (χ0v) is 20.3. The van der Waals surface area contributed by atoms with Crippen molar-refractivity contribution in [2.75, 3.05) is 38.2 Å². The van der Waals surface area contributed by atoms with Crippen molar-refractivity contribution in [2.45, 2.75) is 51.5 Å². The standard InChI is InChI=1S/C27H34FN3O3/c1-19-5-4-6-24(20(19)2)30-13-15-31(16-14-30)26(33)10-12-27(11-9-25(32)29-27)18-21-7-8-22(34-3)17-23(21)28/h4-8,17H,9-16,18H2,1-3H3,(H,29,32). The number of carbonyl (C=O) groups excluding carboxylic acids is 2. The molecular formula is C27H34FN3O3. The van der Waals surface area contributed by atoms with Gasteiger partial charge in [-0.05, 0) is 61.9 Å². The molecule has 2 heterocycles. The third-order valence-electron chi connectivity index (χ3n) is 7.39. The number of piperazine rings is 1. The van der Waals surface area contributed by atoms with Crippen LogP contribution in [0.25, 0.3) is 0 Å². The van der Waals surface area contributed by atoms with Crippen LogP contribution in [-0.4, -0.2) is 55.5 Å². The highest BCUT2D eigenvalue weighted by molar-refractivity contribution is 5.80. The highest BCUT2D eigenvalue weighted by Gasteiger charge is 2.39. The largest absolute Gasteiger partial charge is 0.497 e. The van der Waals surface area contributed by atoms with Crippen LogP contribution in [0, 0.1) is 19.7 Å². The van der Waals surface area contributed by atoms with Crippen molar-refractivity contribution in [1.29, 1.82) is 0 Å². The summed E-state index contributed by atoms with van der Waals surface area (Å²) < 4.78 is 19.7. The van der Waals surface area contributed by atoms with Crippen LogP contribution in [0.3, 0.4) is 0 Å². The van der Waals surface area contributed by atoms with Crippen LogP contribution in [0.2, 0.25) is 0 Å². The Morgan fingerprint density at radius 3 is 2.56 bits per heavy atom. The van der Waals surface area contributed by atoms with Gasteiger partial charge in [0.1, 0.15) is 11.6 Å². The van der Waals surface area contributed by atoms with Crippen molar-refractivity contribution in [3.63, 3.8) is 0 Å². The minimum absolute atomic E-state index is 0.0384. The summed E-state index contributed by atoms with van der Waals surface area (Å²) in [7, 11) is 1.50. The van der Waals surface area contributed by atoms with E-state index in [1.165, 1.54) is 30.0 Å². The Bertz CT molecular complexity index is 1070. The minimum Gasteiger partial charge on any atom is -0.497 e. The minimum atomic E-state index is -0.595. The Kier molecular flexibility index (Phi) is 7.10. The van der Waals surface area contributed by atoms with Crippen LogP contribution in [0.1, 0.15) is 42.4 Å². The Labute approximate surface area is 201 Å². The molecule has 6 nitrogen and oxygen atoms in total. The first kappa shape index (κ1) is 24.0. The fourth-order valence-corrected chi connectivity index (χ4v) is 5.12. The van der Waals surface area contributed by atoms with E-state index in [0.29, 0.717) is 56.5 Å². The number of hydrogen-bond donors (Lipinski definition) is 1. The van der Waals surface area contributed by atoms with Crippen LogP contribution in [0.5, 0.6) is 5.75 Å². The second-order valence-electron chi connectivity index (χ2n) is 9.55. The van der Waals surface area contributed by atoms with Gasteiger partial charge in [0.2, 0.25) is 11.8 Å². The highest BCUT2D eigenvalue weighted by Crippen LogP contribution is 2.32. The molecule has 1 atom stereocenters. The van der Waals surface area contributed by atoms with Crippen molar-refractivity contribution in [2.24, 2.45) is 0 Å². The number of aryl methyl sites for hydroxylation is 1. The first-order chi connectivity index (χ1) is 16.3. The molecule has 2 aliphatic heterocycles. The van der Waals surface area contributed by atoms with E-state index in [0.717, 1.165) is 13.1 Å². The van der Waals surface area contributed by atoms with E-state index in [9.17, 15) is 14.0 Å². The molecule has 0 aliphatic carbocycles. The molecule has 182 valence electrons. The zero-order valence-electron chi connectivity index (χ0n) is 20.3. The van der Waals surface area contributed by atoms with E-state index >= 15 is 0 Å². The van der Waals surface area contributed by atoms with Gasteiger partial charge >= 0.3 is 0 Å². The van der Waals surface area contributed by atoms with Crippen molar-refractivity contribution in [1.82, 2.24) is 10.2 Å². The normalized spacial score (nSPS) is 20.4. The van der Waals surface area contributed by atoms with Gasteiger partial charge in [-0.15, -0.1) is 0 Å². The van der Waals surface area contributed by atoms with Gasteiger partial charge in [0.05, 0.1) is 7.11 Å². The molecule has 2 aromatic carbocycles. The molecule has 2 aromatic rings. The summed E-state index contributed by atoms with van der Waals surface area (Å²) in [5.74, 6) is 0.162. The van der Waals surface area contributed by atoms with Gasteiger partial charge in [0, 0.05) is 56.3 Å². The maximum absolute atomic E-state index is 14.6. The smallest absolute Gasteiger partial charge is 0.222 e. The average molecular weight is 468 g/mol. The average Bonchev–Trinajstić information content (AvgIpc) is 3.21. The van der Waals surface area contributed by atoms with Gasteiger partial charge in [0.15, 0.2) is 0 Å². The molecule has 34 heavy (non-hydrogen) atoms. The molecule has 0 aromatic heterocycles. The van der Waals surface area contributed by atoms with E-state index in [4.69, 9.17) is 4.74 Å². The highest BCUT2D eigenvalue weighted by atomic mass is 19.1. The summed E-state index contributed by atoms with van der Waals surface area (Å²) in [6, 6.07) is 11.1. The molecule has 0 radical (unpaired) electrons. The van der Waals surface area contributed by atoms with Crippen LogP contribution in [0.15, 0.2) is 36.4 Å². The second-order valence-corrected chi connectivity index (χ2v) is 9.55. The lowest BCUT2D eigenvalue weighted by Gasteiger charge is -2.38. The molecule has 2 aliphatic rings. The van der Waals surface area contributed by atoms with Gasteiger partial charge in [-0.1, -0.05) is 18.2 Å². The number of methoxy groups -OCH3 is 1. The third-order valence-corrected chi connectivity index (χ3v) is 7.39. The summed E-state index contributed by atoms with van der Waals surface area (Å²) in [6.45, 7) is 7.22. The van der Waals surface area contributed by atoms with Gasteiger partial charge in [-0.3, -0.25) is 9.59 Å². The third kappa shape index (κ3) is 5.18. The predicted octanol–water partition coefficient (Wildman–Crippen LogP) is 3.77. The lowest BCUT2D eigenvalue weighted by molar-refractivity contribution is -0.132. The summed E-state index contributed by atoms with van der Waals surface area (Å²) in [6.07, 6.45) is 2.20. The van der Waals surface area contributed by atoms with E-state index in [-0.39, 0.29) is 17.6 Å². The number of anilines is 1.